The number of carbonyl (C=O) groups is 1. The van der Waals surface area contributed by atoms with Crippen LogP contribution < -0.4 is 0 Å². The number of hydrogen-bond acceptors (Lipinski definition) is 5. The van der Waals surface area contributed by atoms with Crippen LogP contribution in [0.15, 0.2) is 58.4 Å². The van der Waals surface area contributed by atoms with Crippen molar-refractivity contribution in [3.8, 4) is 0 Å². The number of allylic oxidation sites excluding steroid dienone is 2. The molecule has 0 atom stereocenters. The van der Waals surface area contributed by atoms with E-state index in [1.165, 1.54) is 0 Å². The lowest BCUT2D eigenvalue weighted by Crippen LogP contribution is -2.18. The van der Waals surface area contributed by atoms with Crippen molar-refractivity contribution in [1.82, 2.24) is 9.88 Å². The summed E-state index contributed by atoms with van der Waals surface area (Å²) in [6.07, 6.45) is 3.87. The van der Waals surface area contributed by atoms with Gasteiger partial charge in [0, 0.05) is 44.0 Å². The highest BCUT2D eigenvalue weighted by atomic mass is 16.1. The number of Topliss-reactive ketones (excluding diaryl/α,β-unsaturated/α-hetero) is 1. The van der Waals surface area contributed by atoms with Gasteiger partial charge in [-0.05, 0) is 29.7 Å². The van der Waals surface area contributed by atoms with Crippen molar-refractivity contribution in [2.24, 2.45) is 9.98 Å². The number of guanidine groups is 1. The molecule has 4 rings (SSSR count). The first-order valence-electron chi connectivity index (χ1n) is 8.18. The molecule has 0 amide bonds. The van der Waals surface area contributed by atoms with Gasteiger partial charge in [-0.3, -0.25) is 9.78 Å². The molecule has 124 valence electrons. The molecule has 2 aliphatic rings. The van der Waals surface area contributed by atoms with Crippen LogP contribution in [0.5, 0.6) is 0 Å². The zero-order valence-corrected chi connectivity index (χ0v) is 14.4. The topological polar surface area (TPSA) is 57.9 Å². The summed E-state index contributed by atoms with van der Waals surface area (Å²) in [6.45, 7) is 2.00. The maximum Gasteiger partial charge on any atom is 0.226 e. The number of aromatic nitrogens is 1. The highest BCUT2D eigenvalue weighted by Crippen LogP contribution is 2.35. The molecule has 1 aromatic heterocycles. The third-order valence-electron chi connectivity index (χ3n) is 4.50. The second-order valence-corrected chi connectivity index (χ2v) is 6.43. The monoisotopic (exact) mass is 330 g/mol. The largest absolute Gasteiger partial charge is 0.347 e. The van der Waals surface area contributed by atoms with E-state index in [0.717, 1.165) is 33.7 Å². The van der Waals surface area contributed by atoms with E-state index in [-0.39, 0.29) is 5.78 Å². The van der Waals surface area contributed by atoms with E-state index < -0.39 is 0 Å². The lowest BCUT2D eigenvalue weighted by molar-refractivity contribution is 0.0998. The van der Waals surface area contributed by atoms with Crippen LogP contribution in [0.1, 0.15) is 33.5 Å². The first-order chi connectivity index (χ1) is 12.1. The molecule has 25 heavy (non-hydrogen) atoms. The molecule has 1 aliphatic carbocycles. The van der Waals surface area contributed by atoms with E-state index in [1.54, 1.807) is 6.20 Å². The Hall–Kier alpha value is -3.08. The lowest BCUT2D eigenvalue weighted by Gasteiger charge is -2.11. The average Bonchev–Trinajstić information content (AvgIpc) is 3.01. The Kier molecular flexibility index (Phi) is 3.57. The molecular weight excluding hydrogens is 312 g/mol. The number of fused-ring (bicyclic) bond motifs is 3. The number of carbonyl (C=O) groups excluding carboxylic acids is 1. The van der Waals surface area contributed by atoms with Gasteiger partial charge in [0.05, 0.1) is 5.70 Å². The van der Waals surface area contributed by atoms with Gasteiger partial charge in [-0.25, -0.2) is 9.98 Å². The first-order valence-corrected chi connectivity index (χ1v) is 8.18. The minimum atomic E-state index is 0.0908. The van der Waals surface area contributed by atoms with Gasteiger partial charge in [-0.15, -0.1) is 0 Å². The number of rotatable bonds is 1. The maximum absolute atomic E-state index is 12.9. The fraction of sp³-hybridized carbons (Fsp3) is 0.200. The molecule has 5 nitrogen and oxygen atoms in total. The third kappa shape index (κ3) is 2.48. The van der Waals surface area contributed by atoms with E-state index in [4.69, 9.17) is 9.98 Å². The van der Waals surface area contributed by atoms with Crippen molar-refractivity contribution in [1.29, 1.82) is 0 Å². The molecule has 0 bridgehead atoms. The minimum Gasteiger partial charge on any atom is -0.347 e. The molecule has 0 fully saturated rings. The number of ketones is 1. The van der Waals surface area contributed by atoms with Crippen LogP contribution in [-0.4, -0.2) is 41.4 Å². The van der Waals surface area contributed by atoms with Crippen molar-refractivity contribution in [3.63, 3.8) is 0 Å². The van der Waals surface area contributed by atoms with Gasteiger partial charge in [0.1, 0.15) is 5.71 Å². The van der Waals surface area contributed by atoms with E-state index in [1.807, 2.05) is 62.4 Å². The summed E-state index contributed by atoms with van der Waals surface area (Å²) in [6, 6.07) is 9.59. The molecular formula is C20H18N4O. The maximum atomic E-state index is 12.9. The second kappa shape index (κ2) is 5.77. The smallest absolute Gasteiger partial charge is 0.226 e. The number of pyridine rings is 1. The standard InChI is InChI=1S/C20H18N4O/c1-12-11-21-9-8-13(12)16-10-17(25)14-6-4-5-7-15(14)18-19(16)23-20(22-18)24(2)3/h4-9,11H,10H2,1-3H3. The summed E-state index contributed by atoms with van der Waals surface area (Å²) < 4.78 is 0. The molecule has 2 heterocycles. The van der Waals surface area contributed by atoms with Gasteiger partial charge in [0.25, 0.3) is 0 Å². The summed E-state index contributed by atoms with van der Waals surface area (Å²) >= 11 is 0. The van der Waals surface area contributed by atoms with Gasteiger partial charge in [0.2, 0.25) is 5.96 Å². The molecule has 0 spiro atoms. The normalized spacial score (nSPS) is 16.0. The SMILES string of the molecule is Cc1cnccc1C1=C2N=C(N(C)C)N=C2c2ccccc2C(=O)C1. The summed E-state index contributed by atoms with van der Waals surface area (Å²) in [4.78, 5) is 28.4. The highest BCUT2D eigenvalue weighted by molar-refractivity contribution is 6.29. The number of aryl methyl sites for hydroxylation is 1. The van der Waals surface area contributed by atoms with Gasteiger partial charge < -0.3 is 4.90 Å². The lowest BCUT2D eigenvalue weighted by atomic mass is 9.96. The number of nitrogens with zero attached hydrogens (tertiary/aromatic N) is 4. The van der Waals surface area contributed by atoms with Crippen LogP contribution in [-0.2, 0) is 0 Å². The Morgan fingerprint density at radius 1 is 1.00 bits per heavy atom. The zero-order chi connectivity index (χ0) is 17.6. The molecule has 0 N–H and O–H groups in total. The summed E-state index contributed by atoms with van der Waals surface area (Å²) in [5.41, 5.74) is 6.06. The van der Waals surface area contributed by atoms with E-state index >= 15 is 0 Å². The van der Waals surface area contributed by atoms with Gasteiger partial charge in [-0.1, -0.05) is 24.3 Å². The average molecular weight is 330 g/mol. The molecule has 5 heteroatoms. The summed E-state index contributed by atoms with van der Waals surface area (Å²) in [5, 5.41) is 0. The van der Waals surface area contributed by atoms with Crippen LogP contribution in [0.3, 0.4) is 0 Å². The number of benzene rings is 1. The van der Waals surface area contributed by atoms with Gasteiger partial charge >= 0.3 is 0 Å². The molecule has 1 aliphatic heterocycles. The van der Waals surface area contributed by atoms with Crippen LogP contribution in [0.4, 0.5) is 0 Å². The Bertz CT molecular complexity index is 983. The van der Waals surface area contributed by atoms with Crippen LogP contribution in [0.25, 0.3) is 5.57 Å². The van der Waals surface area contributed by atoms with E-state index in [2.05, 4.69) is 4.98 Å². The molecule has 1 aromatic carbocycles. The van der Waals surface area contributed by atoms with Crippen LogP contribution >= 0.6 is 0 Å². The molecule has 0 radical (unpaired) electrons. The van der Waals surface area contributed by atoms with Crippen LogP contribution in [0.2, 0.25) is 0 Å². The van der Waals surface area contributed by atoms with Crippen molar-refractivity contribution >= 4 is 23.0 Å². The summed E-state index contributed by atoms with van der Waals surface area (Å²) in [5.74, 6) is 0.742. The second-order valence-electron chi connectivity index (χ2n) is 6.43. The van der Waals surface area contributed by atoms with Crippen molar-refractivity contribution in [2.45, 2.75) is 13.3 Å². The quantitative estimate of drug-likeness (QED) is 0.807. The minimum absolute atomic E-state index is 0.0908. The Labute approximate surface area is 146 Å². The Balaban J connectivity index is 2.02. The first kappa shape index (κ1) is 15.4. The predicted octanol–water partition coefficient (Wildman–Crippen LogP) is 3.11. The van der Waals surface area contributed by atoms with Crippen LogP contribution in [0, 0.1) is 6.92 Å². The Morgan fingerprint density at radius 2 is 1.76 bits per heavy atom. The Morgan fingerprint density at radius 3 is 2.48 bits per heavy atom. The number of aliphatic imine (C=N–C) groups is 2. The van der Waals surface area contributed by atoms with E-state index in [0.29, 0.717) is 17.9 Å². The van der Waals surface area contributed by atoms with Crippen molar-refractivity contribution in [2.75, 3.05) is 14.1 Å². The highest BCUT2D eigenvalue weighted by Gasteiger charge is 2.31. The molecule has 0 saturated heterocycles. The van der Waals surface area contributed by atoms with Crippen molar-refractivity contribution in [3.05, 3.63) is 70.7 Å². The predicted molar refractivity (Wildman–Crippen MR) is 98.9 cm³/mol. The number of hydrogen-bond donors (Lipinski definition) is 0. The molecule has 0 unspecified atom stereocenters. The van der Waals surface area contributed by atoms with Gasteiger partial charge in [-0.2, -0.15) is 0 Å². The molecule has 0 saturated carbocycles. The third-order valence-corrected chi connectivity index (χ3v) is 4.50. The van der Waals surface area contributed by atoms with Gasteiger partial charge in [0.15, 0.2) is 5.78 Å². The zero-order valence-electron chi connectivity index (χ0n) is 14.4. The van der Waals surface area contributed by atoms with Crippen molar-refractivity contribution < 1.29 is 4.79 Å². The van der Waals surface area contributed by atoms with E-state index in [9.17, 15) is 4.79 Å². The fourth-order valence-electron chi connectivity index (χ4n) is 3.24. The fourth-order valence-corrected chi connectivity index (χ4v) is 3.24. The molecule has 2 aromatic rings. The summed E-state index contributed by atoms with van der Waals surface area (Å²) in [7, 11) is 3.84.